The minimum Gasteiger partial charge on any atom is -0.496 e. The van der Waals surface area contributed by atoms with Crippen molar-refractivity contribution < 1.29 is 17.9 Å². The number of hydrogen-bond acceptors (Lipinski definition) is 8. The van der Waals surface area contributed by atoms with Crippen LogP contribution in [-0.2, 0) is 27.8 Å². The third-order valence-electron chi connectivity index (χ3n) is 6.43. The molecule has 1 saturated heterocycles. The van der Waals surface area contributed by atoms with E-state index in [2.05, 4.69) is 15.1 Å². The number of fused-ring (bicyclic) bond motifs is 1. The minimum atomic E-state index is -3.90. The summed E-state index contributed by atoms with van der Waals surface area (Å²) in [4.78, 5) is 12.3. The molecule has 1 fully saturated rings. The molecule has 198 valence electrons. The molecular weight excluding hydrogens is 546 g/mol. The number of sulfonamides is 1. The molecule has 9 nitrogen and oxygen atoms in total. The summed E-state index contributed by atoms with van der Waals surface area (Å²) in [5, 5.41) is 16.3. The number of carbonyl (C=O) groups excluding carboxylic acids is 1. The molecule has 1 aliphatic rings. The van der Waals surface area contributed by atoms with E-state index in [1.807, 2.05) is 36.4 Å². The maximum Gasteiger partial charge on any atom is 0.272 e. The third-order valence-corrected chi connectivity index (χ3v) is 9.49. The number of methoxy groups -OCH3 is 1. The number of ether oxygens (including phenoxy) is 1. The van der Waals surface area contributed by atoms with Gasteiger partial charge in [0.05, 0.1) is 40.6 Å². The van der Waals surface area contributed by atoms with Gasteiger partial charge in [-0.2, -0.15) is 5.10 Å². The normalized spacial score (nSPS) is 15.3. The fourth-order valence-electron chi connectivity index (χ4n) is 4.35. The maximum absolute atomic E-state index is 13.0. The van der Waals surface area contributed by atoms with Crippen LogP contribution in [0.2, 0.25) is 4.34 Å². The molecule has 0 saturated carbocycles. The van der Waals surface area contributed by atoms with Crippen LogP contribution >= 0.6 is 22.9 Å². The lowest BCUT2D eigenvalue weighted by Gasteiger charge is -2.26. The number of nitrogens with one attached hydrogen (secondary N) is 3. The highest BCUT2D eigenvalue weighted by molar-refractivity contribution is 7.94. The second-order valence-corrected chi connectivity index (χ2v) is 12.6. The Labute approximate surface area is 229 Å². The zero-order valence-corrected chi connectivity index (χ0v) is 22.9. The molecule has 2 aromatic carbocycles. The van der Waals surface area contributed by atoms with Gasteiger partial charge in [-0.1, -0.05) is 41.9 Å². The van der Waals surface area contributed by atoms with Gasteiger partial charge in [0.2, 0.25) is 0 Å². The van der Waals surface area contributed by atoms with Crippen molar-refractivity contribution >= 4 is 61.2 Å². The first-order valence-electron chi connectivity index (χ1n) is 12.0. The van der Waals surface area contributed by atoms with Crippen molar-refractivity contribution in [3.05, 3.63) is 70.1 Å². The fourth-order valence-corrected chi connectivity index (χ4v) is 6.84. The molecule has 0 spiro atoms. The second kappa shape index (κ2) is 10.9. The molecular formula is C26H26ClN5O4S2. The number of ketones is 1. The number of hydrogen-bond donors (Lipinski definition) is 3. The molecule has 1 atom stereocenters. The number of benzene rings is 2. The maximum atomic E-state index is 13.0. The van der Waals surface area contributed by atoms with Gasteiger partial charge in [0.25, 0.3) is 10.0 Å². The molecule has 0 amide bonds. The van der Waals surface area contributed by atoms with E-state index in [0.29, 0.717) is 40.4 Å². The summed E-state index contributed by atoms with van der Waals surface area (Å²) < 4.78 is 36.3. The molecule has 12 heteroatoms. The van der Waals surface area contributed by atoms with Crippen LogP contribution in [0.25, 0.3) is 10.9 Å². The van der Waals surface area contributed by atoms with E-state index >= 15 is 0 Å². The second-order valence-electron chi connectivity index (χ2n) is 8.98. The minimum absolute atomic E-state index is 0.0879. The van der Waals surface area contributed by atoms with E-state index < -0.39 is 10.0 Å². The first-order valence-corrected chi connectivity index (χ1v) is 14.7. The monoisotopic (exact) mass is 571 g/mol. The molecule has 0 radical (unpaired) electrons. The van der Waals surface area contributed by atoms with Crippen molar-refractivity contribution in [3.63, 3.8) is 0 Å². The number of anilines is 1. The van der Waals surface area contributed by atoms with Crippen LogP contribution in [0.5, 0.6) is 5.75 Å². The van der Waals surface area contributed by atoms with Gasteiger partial charge in [-0.05, 0) is 61.2 Å². The SMILES string of the molecule is COc1cccc2c1c(NS(=O)(=O)c1ccc(Cl)s1)nn2Cc1cccc(CCC(=N)C(=O)C2CCN2)c1. The Balaban J connectivity index is 1.39. The molecule has 4 aromatic rings. The number of aromatic nitrogens is 2. The van der Waals surface area contributed by atoms with E-state index in [9.17, 15) is 13.2 Å². The van der Waals surface area contributed by atoms with Crippen molar-refractivity contribution in [1.82, 2.24) is 15.1 Å². The lowest BCUT2D eigenvalue weighted by atomic mass is 9.95. The Morgan fingerprint density at radius 2 is 2.00 bits per heavy atom. The van der Waals surface area contributed by atoms with Crippen LogP contribution < -0.4 is 14.8 Å². The van der Waals surface area contributed by atoms with Gasteiger partial charge in [-0.25, -0.2) is 8.42 Å². The Morgan fingerprint density at radius 3 is 2.68 bits per heavy atom. The van der Waals surface area contributed by atoms with Crippen LogP contribution in [-0.4, -0.2) is 49.4 Å². The predicted molar refractivity (Wildman–Crippen MR) is 149 cm³/mol. The standard InChI is InChI=1S/C26H26ClN5O4S2/c1-36-21-7-3-6-20-24(21)26(31-38(34,35)23-11-10-22(27)37-23)30-32(20)15-17-5-2-4-16(14-17)8-9-18(28)25(33)19-12-13-29-19/h2-7,10-11,14,19,28-29H,8-9,12-13,15H2,1H3,(H,30,31). The highest BCUT2D eigenvalue weighted by atomic mass is 35.5. The molecule has 5 rings (SSSR count). The van der Waals surface area contributed by atoms with Gasteiger partial charge in [0.15, 0.2) is 11.6 Å². The summed E-state index contributed by atoms with van der Waals surface area (Å²) in [7, 11) is -2.38. The number of carbonyl (C=O) groups is 1. The summed E-state index contributed by atoms with van der Waals surface area (Å²) in [5.41, 5.74) is 2.80. The van der Waals surface area contributed by atoms with E-state index in [-0.39, 0.29) is 27.6 Å². The molecule has 3 N–H and O–H groups in total. The molecule has 1 unspecified atom stereocenters. The van der Waals surface area contributed by atoms with E-state index in [4.69, 9.17) is 21.7 Å². The third kappa shape index (κ3) is 5.46. The average molecular weight is 572 g/mol. The topological polar surface area (TPSA) is 126 Å². The van der Waals surface area contributed by atoms with Gasteiger partial charge in [0, 0.05) is 0 Å². The Bertz CT molecular complexity index is 1630. The lowest BCUT2D eigenvalue weighted by molar-refractivity contribution is -0.116. The van der Waals surface area contributed by atoms with Crippen molar-refractivity contribution in [1.29, 1.82) is 5.41 Å². The zero-order chi connectivity index (χ0) is 26.9. The number of nitrogens with zero attached hydrogens (tertiary/aromatic N) is 2. The highest BCUT2D eigenvalue weighted by Crippen LogP contribution is 2.35. The molecule has 3 heterocycles. The average Bonchev–Trinajstić information content (AvgIpc) is 3.45. The summed E-state index contributed by atoms with van der Waals surface area (Å²) in [6.07, 6.45) is 1.74. The van der Waals surface area contributed by atoms with E-state index in [1.54, 1.807) is 10.7 Å². The Kier molecular flexibility index (Phi) is 7.53. The predicted octanol–water partition coefficient (Wildman–Crippen LogP) is 4.49. The van der Waals surface area contributed by atoms with Gasteiger partial charge in [-0.3, -0.25) is 14.2 Å². The molecule has 38 heavy (non-hydrogen) atoms. The summed E-state index contributed by atoms with van der Waals surface area (Å²) in [6.45, 7) is 1.21. The van der Waals surface area contributed by atoms with Crippen LogP contribution in [0.3, 0.4) is 0 Å². The Morgan fingerprint density at radius 1 is 1.24 bits per heavy atom. The molecule has 0 aliphatic carbocycles. The number of thiophene rings is 1. The number of halogens is 1. The van der Waals surface area contributed by atoms with Crippen molar-refractivity contribution in [3.8, 4) is 5.75 Å². The van der Waals surface area contributed by atoms with E-state index in [1.165, 1.54) is 19.2 Å². The largest absolute Gasteiger partial charge is 0.496 e. The number of rotatable bonds is 11. The van der Waals surface area contributed by atoms with Gasteiger partial charge < -0.3 is 15.5 Å². The molecule has 2 aromatic heterocycles. The number of Topliss-reactive ketones (excluding diaryl/α,β-unsaturated/α-hetero) is 1. The summed E-state index contributed by atoms with van der Waals surface area (Å²) in [6, 6.07) is 16.1. The first-order chi connectivity index (χ1) is 18.2. The van der Waals surface area contributed by atoms with Gasteiger partial charge >= 0.3 is 0 Å². The summed E-state index contributed by atoms with van der Waals surface area (Å²) >= 11 is 6.92. The van der Waals surface area contributed by atoms with Crippen LogP contribution in [0.1, 0.15) is 24.0 Å². The fraction of sp³-hybridized carbons (Fsp3) is 0.269. The van der Waals surface area contributed by atoms with Crippen molar-refractivity contribution in [2.75, 3.05) is 18.4 Å². The summed E-state index contributed by atoms with van der Waals surface area (Å²) in [5.74, 6) is 0.535. The number of aryl methyl sites for hydroxylation is 1. The van der Waals surface area contributed by atoms with Crippen molar-refractivity contribution in [2.45, 2.75) is 36.1 Å². The van der Waals surface area contributed by atoms with E-state index in [0.717, 1.165) is 35.4 Å². The van der Waals surface area contributed by atoms with Crippen LogP contribution in [0.4, 0.5) is 5.82 Å². The quantitative estimate of drug-likeness (QED) is 0.228. The zero-order valence-electron chi connectivity index (χ0n) is 20.5. The highest BCUT2D eigenvalue weighted by Gasteiger charge is 2.27. The Hall–Kier alpha value is -3.25. The molecule has 0 bridgehead atoms. The van der Waals surface area contributed by atoms with Crippen LogP contribution in [0, 0.1) is 5.41 Å². The lowest BCUT2D eigenvalue weighted by Crippen LogP contribution is -2.50. The van der Waals surface area contributed by atoms with Crippen molar-refractivity contribution in [2.24, 2.45) is 0 Å². The van der Waals surface area contributed by atoms with Gasteiger partial charge in [0.1, 0.15) is 9.96 Å². The smallest absolute Gasteiger partial charge is 0.272 e. The first kappa shape index (κ1) is 26.4. The molecule has 1 aliphatic heterocycles. The van der Waals surface area contributed by atoms with Gasteiger partial charge in [-0.15, -0.1) is 11.3 Å². The van der Waals surface area contributed by atoms with Crippen LogP contribution in [0.15, 0.2) is 58.8 Å².